The van der Waals surface area contributed by atoms with Gasteiger partial charge >= 0.3 is 0 Å². The Morgan fingerprint density at radius 2 is 2.06 bits per heavy atom. The minimum atomic E-state index is -0.330. The van der Waals surface area contributed by atoms with E-state index in [1.54, 1.807) is 11.8 Å². The molecule has 0 aliphatic carbocycles. The molecule has 2 aromatic heterocycles. The van der Waals surface area contributed by atoms with Crippen LogP contribution in [0.2, 0.25) is 0 Å². The third-order valence-electron chi connectivity index (χ3n) is 5.36. The van der Waals surface area contributed by atoms with Gasteiger partial charge in [-0.25, -0.2) is 4.68 Å². The lowest BCUT2D eigenvalue weighted by Crippen LogP contribution is -2.19. The number of hydrogen-bond acceptors (Lipinski definition) is 6. The van der Waals surface area contributed by atoms with Crippen LogP contribution < -0.4 is 5.73 Å². The van der Waals surface area contributed by atoms with E-state index in [1.807, 2.05) is 11.6 Å². The molecule has 2 N–H and O–H groups in total. The number of carbonyl (C=O) groups is 1. The van der Waals surface area contributed by atoms with Gasteiger partial charge in [0.05, 0.1) is 24.0 Å². The summed E-state index contributed by atoms with van der Waals surface area (Å²) in [6.07, 6.45) is 3.04. The second-order valence-electron chi connectivity index (χ2n) is 7.90. The molecule has 1 saturated heterocycles. The lowest BCUT2D eigenvalue weighted by Gasteiger charge is -2.14. The highest BCUT2D eigenvalue weighted by Crippen LogP contribution is 2.25. The zero-order valence-corrected chi connectivity index (χ0v) is 18.8. The third-order valence-corrected chi connectivity index (χ3v) is 6.40. The molecule has 1 fully saturated rings. The van der Waals surface area contributed by atoms with Crippen molar-refractivity contribution in [1.82, 2.24) is 24.5 Å². The molecular weight excluding hydrogens is 412 g/mol. The molecule has 1 aromatic carbocycles. The lowest BCUT2D eigenvalue weighted by atomic mass is 10.2. The van der Waals surface area contributed by atoms with Gasteiger partial charge in [0, 0.05) is 30.9 Å². The van der Waals surface area contributed by atoms with Crippen LogP contribution in [0.4, 0.5) is 0 Å². The van der Waals surface area contributed by atoms with E-state index in [-0.39, 0.29) is 18.4 Å². The van der Waals surface area contributed by atoms with Gasteiger partial charge in [0.25, 0.3) is 0 Å². The molecule has 1 unspecified atom stereocenters. The van der Waals surface area contributed by atoms with Crippen molar-refractivity contribution in [3.63, 3.8) is 0 Å². The van der Waals surface area contributed by atoms with Crippen molar-refractivity contribution in [1.29, 1.82) is 0 Å². The average Bonchev–Trinajstić information content (AvgIpc) is 3.47. The Balaban J connectivity index is 1.45. The van der Waals surface area contributed by atoms with Gasteiger partial charge in [0.1, 0.15) is 5.82 Å². The third kappa shape index (κ3) is 5.34. The van der Waals surface area contributed by atoms with E-state index in [2.05, 4.69) is 57.1 Å². The topological polar surface area (TPSA) is 101 Å². The number of amides is 1. The Hall–Kier alpha value is -2.65. The highest BCUT2D eigenvalue weighted by atomic mass is 32.2. The molecule has 164 valence electrons. The van der Waals surface area contributed by atoms with Gasteiger partial charge in [-0.15, -0.1) is 10.2 Å². The number of nitrogens with zero attached hydrogens (tertiary/aromatic N) is 5. The number of rotatable bonds is 9. The monoisotopic (exact) mass is 440 g/mol. The maximum Gasteiger partial charge on any atom is 0.217 e. The number of ether oxygens (including phenoxy) is 1. The molecule has 3 aromatic rings. The van der Waals surface area contributed by atoms with Crippen LogP contribution in [0.1, 0.15) is 42.0 Å². The van der Waals surface area contributed by atoms with Crippen molar-refractivity contribution in [2.75, 3.05) is 6.61 Å². The number of aromatic nitrogens is 5. The van der Waals surface area contributed by atoms with E-state index in [4.69, 9.17) is 10.5 Å². The van der Waals surface area contributed by atoms with Crippen molar-refractivity contribution < 1.29 is 9.53 Å². The molecule has 1 aliphatic heterocycles. The Kier molecular flexibility index (Phi) is 6.72. The molecule has 0 radical (unpaired) electrons. The molecule has 0 saturated carbocycles. The predicted molar refractivity (Wildman–Crippen MR) is 119 cm³/mol. The molecule has 3 heterocycles. The SMILES string of the molecule is Cc1cc(C)n(-c2ccc(CSc3nnc(CCC(N)=O)n3CC3CCCO3)cc2)n1. The Bertz CT molecular complexity index is 1040. The van der Waals surface area contributed by atoms with Crippen LogP contribution in [-0.2, 0) is 28.2 Å². The molecule has 1 atom stereocenters. The fourth-order valence-electron chi connectivity index (χ4n) is 3.79. The normalized spacial score (nSPS) is 16.1. The first-order valence-electron chi connectivity index (χ1n) is 10.6. The maximum absolute atomic E-state index is 11.2. The van der Waals surface area contributed by atoms with E-state index in [0.717, 1.165) is 53.3 Å². The van der Waals surface area contributed by atoms with Gasteiger partial charge in [0.2, 0.25) is 5.91 Å². The maximum atomic E-state index is 11.2. The summed E-state index contributed by atoms with van der Waals surface area (Å²) in [5, 5.41) is 14.1. The van der Waals surface area contributed by atoms with E-state index in [1.165, 1.54) is 5.56 Å². The predicted octanol–water partition coefficient (Wildman–Crippen LogP) is 2.97. The van der Waals surface area contributed by atoms with Gasteiger partial charge in [-0.05, 0) is 50.5 Å². The van der Waals surface area contributed by atoms with Crippen molar-refractivity contribution >= 4 is 17.7 Å². The fraction of sp³-hybridized carbons (Fsp3) is 0.455. The molecule has 1 amide bonds. The van der Waals surface area contributed by atoms with Crippen molar-refractivity contribution in [2.24, 2.45) is 5.73 Å². The summed E-state index contributed by atoms with van der Waals surface area (Å²) in [6.45, 7) is 5.56. The van der Waals surface area contributed by atoms with Crippen LogP contribution in [0.5, 0.6) is 0 Å². The summed E-state index contributed by atoms with van der Waals surface area (Å²) in [5.41, 5.74) is 9.70. The summed E-state index contributed by atoms with van der Waals surface area (Å²) in [6, 6.07) is 10.5. The van der Waals surface area contributed by atoms with E-state index in [0.29, 0.717) is 13.0 Å². The number of aryl methyl sites for hydroxylation is 3. The Morgan fingerprint density at radius 1 is 1.26 bits per heavy atom. The smallest absolute Gasteiger partial charge is 0.217 e. The van der Waals surface area contributed by atoms with Crippen LogP contribution in [0, 0.1) is 13.8 Å². The highest BCUT2D eigenvalue weighted by Gasteiger charge is 2.21. The van der Waals surface area contributed by atoms with Crippen LogP contribution in [0.15, 0.2) is 35.5 Å². The number of hydrogen-bond donors (Lipinski definition) is 1. The van der Waals surface area contributed by atoms with Crippen molar-refractivity contribution in [3.8, 4) is 5.69 Å². The van der Waals surface area contributed by atoms with Crippen molar-refractivity contribution in [2.45, 2.75) is 63.1 Å². The highest BCUT2D eigenvalue weighted by molar-refractivity contribution is 7.98. The number of primary amides is 1. The molecule has 1 aliphatic rings. The second kappa shape index (κ2) is 9.65. The molecule has 8 nitrogen and oxygen atoms in total. The van der Waals surface area contributed by atoms with Gasteiger partial charge in [0.15, 0.2) is 5.16 Å². The quantitative estimate of drug-likeness (QED) is 0.514. The fourth-order valence-corrected chi connectivity index (χ4v) is 4.72. The Morgan fingerprint density at radius 3 is 2.71 bits per heavy atom. The molecule has 31 heavy (non-hydrogen) atoms. The summed E-state index contributed by atoms with van der Waals surface area (Å²) in [5.74, 6) is 1.23. The van der Waals surface area contributed by atoms with Crippen LogP contribution >= 0.6 is 11.8 Å². The van der Waals surface area contributed by atoms with Gasteiger partial charge < -0.3 is 15.0 Å². The first-order chi connectivity index (χ1) is 15.0. The van der Waals surface area contributed by atoms with E-state index >= 15 is 0 Å². The van der Waals surface area contributed by atoms with Gasteiger partial charge in [-0.2, -0.15) is 5.10 Å². The minimum Gasteiger partial charge on any atom is -0.376 e. The van der Waals surface area contributed by atoms with Crippen LogP contribution in [0.3, 0.4) is 0 Å². The lowest BCUT2D eigenvalue weighted by molar-refractivity contribution is -0.118. The first kappa shape index (κ1) is 21.6. The molecular formula is C22H28N6O2S. The first-order valence-corrected chi connectivity index (χ1v) is 11.6. The number of benzene rings is 1. The Labute approximate surface area is 186 Å². The van der Waals surface area contributed by atoms with E-state index < -0.39 is 0 Å². The standard InChI is InChI=1S/C22H28N6O2S/c1-15-12-16(2)28(26-15)18-7-5-17(6-8-18)14-31-22-25-24-21(10-9-20(23)29)27(22)13-19-4-3-11-30-19/h5-8,12,19H,3-4,9-11,13-14H2,1-2H3,(H2,23,29). The largest absolute Gasteiger partial charge is 0.376 e. The molecule has 0 bridgehead atoms. The molecule has 9 heteroatoms. The number of nitrogens with two attached hydrogens (primary N) is 1. The summed E-state index contributed by atoms with van der Waals surface area (Å²) >= 11 is 1.64. The number of thioether (sulfide) groups is 1. The average molecular weight is 441 g/mol. The zero-order chi connectivity index (χ0) is 21.8. The minimum absolute atomic E-state index is 0.169. The van der Waals surface area contributed by atoms with E-state index in [9.17, 15) is 4.79 Å². The van der Waals surface area contributed by atoms with Crippen LogP contribution in [0.25, 0.3) is 5.69 Å². The van der Waals surface area contributed by atoms with Crippen LogP contribution in [-0.4, -0.2) is 43.2 Å². The molecule has 0 spiro atoms. The second-order valence-corrected chi connectivity index (χ2v) is 8.85. The summed E-state index contributed by atoms with van der Waals surface area (Å²) < 4.78 is 9.85. The van der Waals surface area contributed by atoms with Crippen molar-refractivity contribution in [3.05, 3.63) is 53.1 Å². The number of carbonyl (C=O) groups excluding carboxylic acids is 1. The summed E-state index contributed by atoms with van der Waals surface area (Å²) in [4.78, 5) is 11.2. The zero-order valence-electron chi connectivity index (χ0n) is 18.0. The van der Waals surface area contributed by atoms with Gasteiger partial charge in [-0.1, -0.05) is 23.9 Å². The summed E-state index contributed by atoms with van der Waals surface area (Å²) in [7, 11) is 0. The van der Waals surface area contributed by atoms with Gasteiger partial charge in [-0.3, -0.25) is 4.79 Å². The molecule has 4 rings (SSSR count).